The highest BCUT2D eigenvalue weighted by molar-refractivity contribution is 5.78. The summed E-state index contributed by atoms with van der Waals surface area (Å²) >= 11 is 0. The number of hydrogen-bond acceptors (Lipinski definition) is 4. The molecule has 4 aromatic rings. The van der Waals surface area contributed by atoms with E-state index in [0.717, 1.165) is 23.2 Å². The van der Waals surface area contributed by atoms with Crippen LogP contribution in [0.5, 0.6) is 5.75 Å². The van der Waals surface area contributed by atoms with Crippen LogP contribution >= 0.6 is 0 Å². The third-order valence-electron chi connectivity index (χ3n) is 8.33. The van der Waals surface area contributed by atoms with Crippen LogP contribution in [0.2, 0.25) is 0 Å². The summed E-state index contributed by atoms with van der Waals surface area (Å²) in [4.78, 5) is 13.3. The van der Waals surface area contributed by atoms with E-state index in [-0.39, 0.29) is 16.0 Å². The van der Waals surface area contributed by atoms with Crippen molar-refractivity contribution < 1.29 is 9.66 Å². The third kappa shape index (κ3) is 3.03. The molecule has 0 saturated heterocycles. The normalized spacial score (nSPS) is 20.0. The van der Waals surface area contributed by atoms with Crippen molar-refractivity contribution >= 4 is 17.5 Å². The van der Waals surface area contributed by atoms with E-state index < -0.39 is 5.72 Å². The summed E-state index contributed by atoms with van der Waals surface area (Å²) in [6.07, 6.45) is 5.30. The Morgan fingerprint density at radius 3 is 2.54 bits per heavy atom. The Labute approximate surface area is 215 Å². The second kappa shape index (κ2) is 7.56. The Hall–Kier alpha value is -4.38. The van der Waals surface area contributed by atoms with Crippen LogP contribution in [-0.4, -0.2) is 10.6 Å². The molecule has 1 atom stereocenters. The van der Waals surface area contributed by atoms with Gasteiger partial charge in [-0.15, -0.1) is 0 Å². The molecule has 0 saturated carbocycles. The second-order valence-corrected chi connectivity index (χ2v) is 10.7. The van der Waals surface area contributed by atoms with Crippen LogP contribution in [0.4, 0.5) is 11.4 Å². The van der Waals surface area contributed by atoms with Crippen LogP contribution in [0.3, 0.4) is 0 Å². The van der Waals surface area contributed by atoms with Crippen molar-refractivity contribution in [2.24, 2.45) is 0 Å². The quantitative estimate of drug-likeness (QED) is 0.199. The molecule has 1 aliphatic carbocycles. The van der Waals surface area contributed by atoms with Gasteiger partial charge >= 0.3 is 0 Å². The number of nitro benzene ring substituents is 1. The lowest BCUT2D eigenvalue weighted by Gasteiger charge is -2.48. The Kier molecular flexibility index (Phi) is 4.47. The molecule has 2 heterocycles. The lowest BCUT2D eigenvalue weighted by molar-refractivity contribution is -0.385. The fourth-order valence-electron chi connectivity index (χ4n) is 6.38. The van der Waals surface area contributed by atoms with Crippen LogP contribution in [0.1, 0.15) is 41.7 Å². The van der Waals surface area contributed by atoms with Crippen molar-refractivity contribution in [1.82, 2.24) is 0 Å². The second-order valence-electron chi connectivity index (χ2n) is 10.7. The smallest absolute Gasteiger partial charge is 0.270 e. The van der Waals surface area contributed by atoms with Gasteiger partial charge in [-0.2, -0.15) is 0 Å². The number of nitrogens with zero attached hydrogens (tertiary/aromatic N) is 2. The number of non-ortho nitro benzene ring substituents is 1. The fourth-order valence-corrected chi connectivity index (χ4v) is 6.38. The molecule has 2 aliphatic heterocycles. The van der Waals surface area contributed by atoms with Gasteiger partial charge < -0.3 is 9.64 Å². The largest absolute Gasteiger partial charge is 0.463 e. The number of ether oxygens (including phenoxy) is 1. The Morgan fingerprint density at radius 2 is 1.68 bits per heavy atom. The summed E-state index contributed by atoms with van der Waals surface area (Å²) in [6, 6.07) is 28.6. The standard InChI is InChI=1S/C32H26N2O3/c1-31(2)28-9-5-6-10-29(28)33-20-24-19-25(34(35)36)12-14-30(24)37-32(31,33)16-15-21-11-13-27-23(17-21)18-22-7-3-4-8-26(22)27/h3-17,19H,18,20H2,1-2H3/b16-15+. The number of nitro groups is 1. The lowest BCUT2D eigenvalue weighted by atomic mass is 9.76. The molecule has 1 unspecified atom stereocenters. The minimum atomic E-state index is -0.776. The van der Waals surface area contributed by atoms with Gasteiger partial charge in [-0.3, -0.25) is 10.1 Å². The summed E-state index contributed by atoms with van der Waals surface area (Å²) in [5, 5.41) is 11.4. The number of rotatable bonds is 3. The number of anilines is 1. The van der Waals surface area contributed by atoms with Gasteiger partial charge in [-0.05, 0) is 71.9 Å². The van der Waals surface area contributed by atoms with Gasteiger partial charge in [0.15, 0.2) is 0 Å². The molecule has 0 fully saturated rings. The minimum Gasteiger partial charge on any atom is -0.463 e. The molecular weight excluding hydrogens is 460 g/mol. The van der Waals surface area contributed by atoms with Crippen LogP contribution in [0.25, 0.3) is 17.2 Å². The van der Waals surface area contributed by atoms with Crippen LogP contribution < -0.4 is 9.64 Å². The zero-order chi connectivity index (χ0) is 25.4. The maximum Gasteiger partial charge on any atom is 0.270 e. The zero-order valence-corrected chi connectivity index (χ0v) is 20.8. The first-order chi connectivity index (χ1) is 17.9. The van der Waals surface area contributed by atoms with Crippen molar-refractivity contribution in [2.75, 3.05) is 4.90 Å². The van der Waals surface area contributed by atoms with Gasteiger partial charge in [0.2, 0.25) is 5.72 Å². The van der Waals surface area contributed by atoms with Gasteiger partial charge in [-0.25, -0.2) is 0 Å². The third-order valence-corrected chi connectivity index (χ3v) is 8.33. The maximum atomic E-state index is 11.4. The fraction of sp³-hybridized carbons (Fsp3) is 0.188. The molecule has 0 N–H and O–H groups in total. The van der Waals surface area contributed by atoms with E-state index in [9.17, 15) is 10.1 Å². The Bertz CT molecular complexity index is 1640. The van der Waals surface area contributed by atoms with Crippen molar-refractivity contribution in [1.29, 1.82) is 0 Å². The topological polar surface area (TPSA) is 55.6 Å². The predicted molar refractivity (Wildman–Crippen MR) is 146 cm³/mol. The highest BCUT2D eigenvalue weighted by Gasteiger charge is 2.59. The lowest BCUT2D eigenvalue weighted by Crippen LogP contribution is -2.60. The summed E-state index contributed by atoms with van der Waals surface area (Å²) < 4.78 is 6.86. The minimum absolute atomic E-state index is 0.0799. The van der Waals surface area contributed by atoms with E-state index >= 15 is 0 Å². The predicted octanol–water partition coefficient (Wildman–Crippen LogP) is 7.27. The summed E-state index contributed by atoms with van der Waals surface area (Å²) in [7, 11) is 0. The van der Waals surface area contributed by atoms with Crippen LogP contribution in [0, 0.1) is 10.1 Å². The van der Waals surface area contributed by atoms with Gasteiger partial charge in [-0.1, -0.05) is 66.7 Å². The van der Waals surface area contributed by atoms with Gasteiger partial charge in [0.25, 0.3) is 5.69 Å². The molecule has 0 amide bonds. The number of hydrogen-bond donors (Lipinski definition) is 0. The monoisotopic (exact) mass is 486 g/mol. The summed E-state index contributed by atoms with van der Waals surface area (Å²) in [6.45, 7) is 4.96. The maximum absolute atomic E-state index is 11.4. The van der Waals surface area contributed by atoms with E-state index in [1.54, 1.807) is 12.1 Å². The molecule has 37 heavy (non-hydrogen) atoms. The first-order valence-electron chi connectivity index (χ1n) is 12.6. The summed E-state index contributed by atoms with van der Waals surface area (Å²) in [5.41, 5.74) is 8.53. The van der Waals surface area contributed by atoms with Crippen molar-refractivity contribution in [3.8, 4) is 16.9 Å². The number of para-hydroxylation sites is 1. The van der Waals surface area contributed by atoms with Gasteiger partial charge in [0.05, 0.1) is 16.9 Å². The molecule has 0 radical (unpaired) electrons. The molecule has 0 spiro atoms. The van der Waals surface area contributed by atoms with E-state index in [1.807, 2.05) is 6.07 Å². The van der Waals surface area contributed by atoms with Crippen LogP contribution in [-0.2, 0) is 18.4 Å². The Morgan fingerprint density at radius 1 is 0.892 bits per heavy atom. The molecule has 5 nitrogen and oxygen atoms in total. The number of fused-ring (bicyclic) bond motifs is 7. The molecule has 0 aromatic heterocycles. The Balaban J connectivity index is 1.33. The molecule has 7 rings (SSSR count). The average Bonchev–Trinajstić information content (AvgIpc) is 3.36. The van der Waals surface area contributed by atoms with Crippen molar-refractivity contribution in [3.63, 3.8) is 0 Å². The molecular formula is C32H26N2O3. The molecule has 182 valence electrons. The zero-order valence-electron chi connectivity index (χ0n) is 20.8. The van der Waals surface area contributed by atoms with E-state index in [2.05, 4.69) is 91.6 Å². The SMILES string of the molecule is CC1(C)c2ccccc2N2Cc3cc([N+](=O)[O-])ccc3OC21/C=C/c1ccc2c(c1)Cc1ccccc1-2. The number of benzene rings is 4. The molecule has 0 bridgehead atoms. The van der Waals surface area contributed by atoms with Crippen LogP contribution in [0.15, 0.2) is 91.0 Å². The molecule has 5 heteroatoms. The van der Waals surface area contributed by atoms with E-state index in [0.29, 0.717) is 12.3 Å². The first-order valence-corrected chi connectivity index (χ1v) is 12.6. The van der Waals surface area contributed by atoms with Crippen molar-refractivity contribution in [2.45, 2.75) is 38.0 Å². The van der Waals surface area contributed by atoms with Crippen molar-refractivity contribution in [3.05, 3.63) is 129 Å². The highest BCUT2D eigenvalue weighted by Crippen LogP contribution is 2.56. The van der Waals surface area contributed by atoms with E-state index in [4.69, 9.17) is 4.74 Å². The highest BCUT2D eigenvalue weighted by atomic mass is 16.6. The molecule has 3 aliphatic rings. The molecule has 4 aromatic carbocycles. The first kappa shape index (κ1) is 21.9. The van der Waals surface area contributed by atoms with Gasteiger partial charge in [0, 0.05) is 23.4 Å². The summed E-state index contributed by atoms with van der Waals surface area (Å²) in [5.74, 6) is 0.691. The van der Waals surface area contributed by atoms with Gasteiger partial charge in [0.1, 0.15) is 5.75 Å². The average molecular weight is 487 g/mol. The van der Waals surface area contributed by atoms with E-state index in [1.165, 1.54) is 33.9 Å².